The molecular formula is C17H23N3S. The summed E-state index contributed by atoms with van der Waals surface area (Å²) in [4.78, 5) is 0. The van der Waals surface area contributed by atoms with Gasteiger partial charge in [0.05, 0.1) is 0 Å². The second-order valence-electron chi connectivity index (χ2n) is 6.01. The molecule has 2 aromatic rings. The maximum Gasteiger partial charge on any atom is 0.196 e. The van der Waals surface area contributed by atoms with Crippen LogP contribution in [0.2, 0.25) is 0 Å². The third kappa shape index (κ3) is 3.31. The van der Waals surface area contributed by atoms with Gasteiger partial charge < -0.3 is 0 Å². The van der Waals surface area contributed by atoms with E-state index in [-0.39, 0.29) is 0 Å². The summed E-state index contributed by atoms with van der Waals surface area (Å²) >= 11 is 1.79. The summed E-state index contributed by atoms with van der Waals surface area (Å²) in [6, 6.07) is 10.5. The average Bonchev–Trinajstić information content (AvgIpc) is 2.92. The van der Waals surface area contributed by atoms with E-state index >= 15 is 0 Å². The third-order valence-electron chi connectivity index (χ3n) is 3.98. The maximum atomic E-state index is 4.56. The molecule has 0 unspecified atom stereocenters. The zero-order chi connectivity index (χ0) is 14.7. The van der Waals surface area contributed by atoms with Crippen molar-refractivity contribution in [3.8, 4) is 5.69 Å². The first-order valence-corrected chi connectivity index (χ1v) is 8.81. The van der Waals surface area contributed by atoms with E-state index in [4.69, 9.17) is 0 Å². The molecule has 1 aromatic carbocycles. The monoisotopic (exact) mass is 301 g/mol. The molecule has 3 rings (SSSR count). The van der Waals surface area contributed by atoms with Crippen molar-refractivity contribution < 1.29 is 0 Å². The lowest BCUT2D eigenvalue weighted by atomic mass is 9.88. The maximum absolute atomic E-state index is 4.56. The summed E-state index contributed by atoms with van der Waals surface area (Å²) < 4.78 is 2.28. The van der Waals surface area contributed by atoms with Crippen LogP contribution in [0.25, 0.3) is 5.69 Å². The van der Waals surface area contributed by atoms with Crippen molar-refractivity contribution in [3.05, 3.63) is 36.2 Å². The molecule has 0 saturated heterocycles. The van der Waals surface area contributed by atoms with Gasteiger partial charge in [-0.1, -0.05) is 63.1 Å². The minimum Gasteiger partial charge on any atom is -0.274 e. The van der Waals surface area contributed by atoms with Gasteiger partial charge in [-0.25, -0.2) is 0 Å². The van der Waals surface area contributed by atoms with Crippen molar-refractivity contribution in [2.45, 2.75) is 62.3 Å². The first kappa shape index (κ1) is 14.6. The Morgan fingerprint density at radius 3 is 2.43 bits per heavy atom. The standard InChI is InChI=1S/C17H23N3S/c1-13(2)21-17-19-18-16(14-9-5-3-6-10-14)20(17)15-11-7-4-8-12-15/h4,7-8,11-14H,3,5-6,9-10H2,1-2H3. The fourth-order valence-corrected chi connectivity index (χ4v) is 3.83. The van der Waals surface area contributed by atoms with Crippen molar-refractivity contribution in [1.82, 2.24) is 14.8 Å². The third-order valence-corrected chi connectivity index (χ3v) is 4.93. The number of aromatic nitrogens is 3. The van der Waals surface area contributed by atoms with Crippen LogP contribution in [0.1, 0.15) is 57.7 Å². The molecule has 1 fully saturated rings. The molecule has 1 heterocycles. The lowest BCUT2D eigenvalue weighted by Crippen LogP contribution is -2.12. The topological polar surface area (TPSA) is 30.7 Å². The Bertz CT molecular complexity index is 571. The molecule has 112 valence electrons. The Labute approximate surface area is 131 Å². The summed E-state index contributed by atoms with van der Waals surface area (Å²) in [5.74, 6) is 1.72. The minimum atomic E-state index is 0.510. The van der Waals surface area contributed by atoms with Gasteiger partial charge in [0.2, 0.25) is 0 Å². The lowest BCUT2D eigenvalue weighted by molar-refractivity contribution is 0.423. The zero-order valence-corrected chi connectivity index (χ0v) is 13.6. The Balaban J connectivity index is 2.01. The largest absolute Gasteiger partial charge is 0.274 e. The van der Waals surface area contributed by atoms with E-state index in [1.807, 2.05) is 0 Å². The number of para-hydroxylation sites is 1. The molecule has 3 nitrogen and oxygen atoms in total. The SMILES string of the molecule is CC(C)Sc1nnc(C2CCCCC2)n1-c1ccccc1. The fraction of sp³-hybridized carbons (Fsp3) is 0.529. The average molecular weight is 301 g/mol. The first-order chi connectivity index (χ1) is 10.3. The van der Waals surface area contributed by atoms with Crippen LogP contribution in [0.5, 0.6) is 0 Å². The predicted molar refractivity (Wildman–Crippen MR) is 88.2 cm³/mol. The number of hydrogen-bond donors (Lipinski definition) is 0. The Morgan fingerprint density at radius 1 is 1.05 bits per heavy atom. The van der Waals surface area contributed by atoms with Gasteiger partial charge in [0.25, 0.3) is 0 Å². The zero-order valence-electron chi connectivity index (χ0n) is 12.8. The Morgan fingerprint density at radius 2 is 1.76 bits per heavy atom. The highest BCUT2D eigenvalue weighted by molar-refractivity contribution is 7.99. The molecule has 1 aliphatic carbocycles. The van der Waals surface area contributed by atoms with Crippen LogP contribution in [0.15, 0.2) is 35.5 Å². The van der Waals surface area contributed by atoms with E-state index in [9.17, 15) is 0 Å². The molecule has 0 aliphatic heterocycles. The number of nitrogens with zero attached hydrogens (tertiary/aromatic N) is 3. The van der Waals surface area contributed by atoms with Gasteiger partial charge in [-0.2, -0.15) is 0 Å². The van der Waals surface area contributed by atoms with Crippen molar-refractivity contribution in [3.63, 3.8) is 0 Å². The van der Waals surface area contributed by atoms with Crippen molar-refractivity contribution >= 4 is 11.8 Å². The summed E-state index contributed by atoms with van der Waals surface area (Å²) in [6.45, 7) is 4.41. The van der Waals surface area contributed by atoms with E-state index in [0.29, 0.717) is 11.2 Å². The molecule has 0 N–H and O–H groups in total. The molecule has 4 heteroatoms. The van der Waals surface area contributed by atoms with Gasteiger partial charge >= 0.3 is 0 Å². The summed E-state index contributed by atoms with van der Waals surface area (Å²) in [6.07, 6.45) is 6.50. The molecule has 1 aliphatic rings. The molecular weight excluding hydrogens is 278 g/mol. The molecule has 1 saturated carbocycles. The first-order valence-electron chi connectivity index (χ1n) is 7.93. The molecule has 21 heavy (non-hydrogen) atoms. The summed E-state index contributed by atoms with van der Waals surface area (Å²) in [7, 11) is 0. The van der Waals surface area contributed by atoms with Gasteiger partial charge in [0, 0.05) is 16.9 Å². The van der Waals surface area contributed by atoms with Crippen LogP contribution in [0, 0.1) is 0 Å². The van der Waals surface area contributed by atoms with E-state index in [1.54, 1.807) is 11.8 Å². The quantitative estimate of drug-likeness (QED) is 0.759. The van der Waals surface area contributed by atoms with Crippen LogP contribution in [-0.4, -0.2) is 20.0 Å². The van der Waals surface area contributed by atoms with Gasteiger partial charge in [-0.05, 0) is 25.0 Å². The van der Waals surface area contributed by atoms with Gasteiger partial charge in [0.15, 0.2) is 5.16 Å². The number of thioether (sulfide) groups is 1. The second kappa shape index (κ2) is 6.65. The highest BCUT2D eigenvalue weighted by Gasteiger charge is 2.24. The number of benzene rings is 1. The number of hydrogen-bond acceptors (Lipinski definition) is 3. The van der Waals surface area contributed by atoms with Crippen molar-refractivity contribution in [1.29, 1.82) is 0 Å². The normalized spacial score (nSPS) is 16.5. The van der Waals surface area contributed by atoms with Crippen LogP contribution in [0.3, 0.4) is 0 Å². The van der Waals surface area contributed by atoms with Gasteiger partial charge in [-0.15, -0.1) is 10.2 Å². The number of rotatable bonds is 4. The highest BCUT2D eigenvalue weighted by Crippen LogP contribution is 2.35. The predicted octanol–water partition coefficient (Wildman–Crippen LogP) is 4.82. The van der Waals surface area contributed by atoms with Crippen LogP contribution in [0.4, 0.5) is 0 Å². The summed E-state index contributed by atoms with van der Waals surface area (Å²) in [5, 5.41) is 10.6. The Hall–Kier alpha value is -1.29. The van der Waals surface area contributed by atoms with Crippen molar-refractivity contribution in [2.75, 3.05) is 0 Å². The van der Waals surface area contributed by atoms with Crippen molar-refractivity contribution in [2.24, 2.45) is 0 Å². The van der Waals surface area contributed by atoms with Gasteiger partial charge in [-0.3, -0.25) is 4.57 Å². The van der Waals surface area contributed by atoms with E-state index < -0.39 is 0 Å². The second-order valence-corrected chi connectivity index (χ2v) is 7.56. The van der Waals surface area contributed by atoms with Gasteiger partial charge in [0.1, 0.15) is 5.82 Å². The molecule has 0 amide bonds. The van der Waals surface area contributed by atoms with E-state index in [0.717, 1.165) is 11.0 Å². The smallest absolute Gasteiger partial charge is 0.196 e. The molecule has 0 radical (unpaired) electrons. The molecule has 1 aromatic heterocycles. The molecule has 0 atom stereocenters. The highest BCUT2D eigenvalue weighted by atomic mass is 32.2. The van der Waals surface area contributed by atoms with Crippen LogP contribution >= 0.6 is 11.8 Å². The molecule has 0 spiro atoms. The minimum absolute atomic E-state index is 0.510. The van der Waals surface area contributed by atoms with Crippen LogP contribution < -0.4 is 0 Å². The lowest BCUT2D eigenvalue weighted by Gasteiger charge is -2.22. The molecule has 0 bridgehead atoms. The van der Waals surface area contributed by atoms with Crippen LogP contribution in [-0.2, 0) is 0 Å². The fourth-order valence-electron chi connectivity index (χ4n) is 3.01. The van der Waals surface area contributed by atoms with E-state index in [2.05, 4.69) is 58.9 Å². The Kier molecular flexibility index (Phi) is 4.63. The van der Waals surface area contributed by atoms with E-state index in [1.165, 1.54) is 37.8 Å². The summed E-state index contributed by atoms with van der Waals surface area (Å²) in [5.41, 5.74) is 1.19.